The number of carbonyl (C=O) groups is 1. The zero-order chi connectivity index (χ0) is 14.0. The number of piperidine rings is 1. The monoisotopic (exact) mass is 265 g/mol. The molecule has 3 unspecified atom stereocenters. The van der Waals surface area contributed by atoms with E-state index in [2.05, 4.69) is 13.8 Å². The normalized spacial score (nSPS) is 26.1. The van der Waals surface area contributed by atoms with Crippen molar-refractivity contribution in [3.05, 3.63) is 35.6 Å². The van der Waals surface area contributed by atoms with Crippen molar-refractivity contribution < 1.29 is 14.3 Å². The van der Waals surface area contributed by atoms with Crippen LogP contribution in [0.3, 0.4) is 0 Å². The van der Waals surface area contributed by atoms with Gasteiger partial charge in [0.2, 0.25) is 0 Å². The number of aliphatic carboxylic acids is 1. The van der Waals surface area contributed by atoms with Gasteiger partial charge in [0.05, 0.1) is 0 Å². The predicted molar refractivity (Wildman–Crippen MR) is 71.4 cm³/mol. The van der Waals surface area contributed by atoms with Crippen LogP contribution in [-0.2, 0) is 4.79 Å². The zero-order valence-corrected chi connectivity index (χ0v) is 11.3. The maximum Gasteiger partial charge on any atom is 0.325 e. The molecule has 1 aliphatic rings. The minimum Gasteiger partial charge on any atom is -0.480 e. The second-order valence-corrected chi connectivity index (χ2v) is 5.37. The van der Waals surface area contributed by atoms with E-state index in [1.807, 2.05) is 4.90 Å². The highest BCUT2D eigenvalue weighted by Crippen LogP contribution is 2.32. The lowest BCUT2D eigenvalue weighted by molar-refractivity contribution is -0.146. The van der Waals surface area contributed by atoms with Gasteiger partial charge in [0.25, 0.3) is 0 Å². The van der Waals surface area contributed by atoms with Gasteiger partial charge >= 0.3 is 5.97 Å². The van der Waals surface area contributed by atoms with Crippen LogP contribution in [0.1, 0.15) is 44.7 Å². The molecule has 1 N–H and O–H groups in total. The summed E-state index contributed by atoms with van der Waals surface area (Å²) in [5.74, 6) is -1.21. The summed E-state index contributed by atoms with van der Waals surface area (Å²) >= 11 is 0. The third-order valence-electron chi connectivity index (χ3n) is 3.98. The van der Waals surface area contributed by atoms with Crippen LogP contribution in [0.4, 0.5) is 4.39 Å². The summed E-state index contributed by atoms with van der Waals surface area (Å²) in [6.45, 7) is 4.13. The van der Waals surface area contributed by atoms with Gasteiger partial charge in [0.15, 0.2) is 0 Å². The van der Waals surface area contributed by atoms with Crippen LogP contribution in [-0.4, -0.2) is 28.1 Å². The molecule has 0 amide bonds. The molecule has 3 nitrogen and oxygen atoms in total. The Morgan fingerprint density at radius 2 is 1.79 bits per heavy atom. The minimum absolute atomic E-state index is 0.231. The summed E-state index contributed by atoms with van der Waals surface area (Å²) in [6.07, 6.45) is 3.15. The Morgan fingerprint density at radius 3 is 2.26 bits per heavy atom. The first-order valence-electron chi connectivity index (χ1n) is 6.76. The number of rotatable bonds is 3. The molecule has 1 aromatic rings. The molecule has 0 aromatic heterocycles. The van der Waals surface area contributed by atoms with Gasteiger partial charge in [0.1, 0.15) is 11.9 Å². The highest BCUT2D eigenvalue weighted by Gasteiger charge is 2.36. The van der Waals surface area contributed by atoms with Gasteiger partial charge < -0.3 is 5.11 Å². The maximum absolute atomic E-state index is 13.0. The Kier molecular flexibility index (Phi) is 4.20. The molecule has 4 heteroatoms. The number of likely N-dealkylation sites (tertiary alicyclic amines) is 1. The molecule has 19 heavy (non-hydrogen) atoms. The molecule has 0 radical (unpaired) electrons. The summed E-state index contributed by atoms with van der Waals surface area (Å²) in [6, 6.07) is 5.56. The molecule has 3 atom stereocenters. The Morgan fingerprint density at radius 1 is 1.26 bits per heavy atom. The van der Waals surface area contributed by atoms with Crippen molar-refractivity contribution in [3.63, 3.8) is 0 Å². The molecule has 104 valence electrons. The third kappa shape index (κ3) is 2.95. The fourth-order valence-corrected chi connectivity index (χ4v) is 3.04. The van der Waals surface area contributed by atoms with Crippen molar-refractivity contribution in [2.75, 3.05) is 0 Å². The molecule has 0 bridgehead atoms. The topological polar surface area (TPSA) is 40.5 Å². The largest absolute Gasteiger partial charge is 0.480 e. The summed E-state index contributed by atoms with van der Waals surface area (Å²) in [7, 11) is 0. The van der Waals surface area contributed by atoms with Crippen molar-refractivity contribution in [2.24, 2.45) is 0 Å². The van der Waals surface area contributed by atoms with Crippen LogP contribution in [0, 0.1) is 5.82 Å². The number of carboxylic acids is 1. The Labute approximate surface area is 113 Å². The second kappa shape index (κ2) is 5.70. The lowest BCUT2D eigenvalue weighted by Crippen LogP contribution is -2.48. The first kappa shape index (κ1) is 14.0. The van der Waals surface area contributed by atoms with Crippen molar-refractivity contribution in [3.8, 4) is 0 Å². The summed E-state index contributed by atoms with van der Waals surface area (Å²) in [5.41, 5.74) is 0.648. The number of benzene rings is 1. The van der Waals surface area contributed by atoms with E-state index < -0.39 is 12.0 Å². The van der Waals surface area contributed by atoms with Crippen LogP contribution >= 0.6 is 0 Å². The van der Waals surface area contributed by atoms with Crippen LogP contribution < -0.4 is 0 Å². The van der Waals surface area contributed by atoms with Crippen LogP contribution in [0.2, 0.25) is 0 Å². The van der Waals surface area contributed by atoms with E-state index >= 15 is 0 Å². The lowest BCUT2D eigenvalue weighted by atomic mass is 9.92. The molecule has 2 rings (SSSR count). The second-order valence-electron chi connectivity index (χ2n) is 5.37. The summed E-state index contributed by atoms with van der Waals surface area (Å²) in [4.78, 5) is 13.7. The van der Waals surface area contributed by atoms with Crippen LogP contribution in [0.5, 0.6) is 0 Å². The van der Waals surface area contributed by atoms with E-state index in [1.165, 1.54) is 12.1 Å². The van der Waals surface area contributed by atoms with Crippen molar-refractivity contribution in [1.82, 2.24) is 4.90 Å². The van der Waals surface area contributed by atoms with Gasteiger partial charge in [-0.2, -0.15) is 0 Å². The smallest absolute Gasteiger partial charge is 0.325 e. The van der Waals surface area contributed by atoms with Gasteiger partial charge in [-0.25, -0.2) is 4.39 Å². The number of hydrogen-bond donors (Lipinski definition) is 1. The minimum atomic E-state index is -0.868. The zero-order valence-electron chi connectivity index (χ0n) is 11.3. The average Bonchev–Trinajstić information content (AvgIpc) is 2.35. The molecule has 0 saturated carbocycles. The summed E-state index contributed by atoms with van der Waals surface area (Å²) < 4.78 is 13.0. The Bertz CT molecular complexity index is 436. The highest BCUT2D eigenvalue weighted by molar-refractivity contribution is 5.75. The Hall–Kier alpha value is -1.42. The first-order valence-corrected chi connectivity index (χ1v) is 6.76. The van der Waals surface area contributed by atoms with E-state index in [-0.39, 0.29) is 17.9 Å². The third-order valence-corrected chi connectivity index (χ3v) is 3.98. The number of hydrogen-bond acceptors (Lipinski definition) is 2. The standard InChI is InChI=1S/C15H20FNO2/c1-10-4-3-5-11(2)17(10)14(15(18)19)12-6-8-13(16)9-7-12/h6-11,14H,3-5H2,1-2H3,(H,18,19). The summed E-state index contributed by atoms with van der Waals surface area (Å²) in [5, 5.41) is 9.55. The molecular weight excluding hydrogens is 245 g/mol. The van der Waals surface area contributed by atoms with Crippen LogP contribution in [0.15, 0.2) is 24.3 Å². The van der Waals surface area contributed by atoms with Gasteiger partial charge in [-0.15, -0.1) is 0 Å². The number of carboxylic acid groups (broad SMARTS) is 1. The molecule has 1 heterocycles. The van der Waals surface area contributed by atoms with Crippen molar-refractivity contribution in [2.45, 2.75) is 51.2 Å². The highest BCUT2D eigenvalue weighted by atomic mass is 19.1. The fourth-order valence-electron chi connectivity index (χ4n) is 3.04. The van der Waals surface area contributed by atoms with Gasteiger partial charge in [-0.3, -0.25) is 9.69 Å². The average molecular weight is 265 g/mol. The van der Waals surface area contributed by atoms with Crippen LogP contribution in [0.25, 0.3) is 0 Å². The quantitative estimate of drug-likeness (QED) is 0.912. The van der Waals surface area contributed by atoms with Gasteiger partial charge in [-0.1, -0.05) is 18.6 Å². The number of nitrogens with zero attached hydrogens (tertiary/aromatic N) is 1. The van der Waals surface area contributed by atoms with Crippen molar-refractivity contribution >= 4 is 5.97 Å². The van der Waals surface area contributed by atoms with Gasteiger partial charge in [-0.05, 0) is 44.4 Å². The molecule has 1 fully saturated rings. The van der Waals surface area contributed by atoms with E-state index in [4.69, 9.17) is 0 Å². The van der Waals surface area contributed by atoms with Crippen molar-refractivity contribution in [1.29, 1.82) is 0 Å². The maximum atomic E-state index is 13.0. The molecule has 1 aliphatic heterocycles. The van der Waals surface area contributed by atoms with E-state index in [1.54, 1.807) is 12.1 Å². The molecule has 0 aliphatic carbocycles. The fraction of sp³-hybridized carbons (Fsp3) is 0.533. The molecule has 0 spiro atoms. The molecule has 1 aromatic carbocycles. The van der Waals surface area contributed by atoms with E-state index in [9.17, 15) is 14.3 Å². The van der Waals surface area contributed by atoms with E-state index in [0.717, 1.165) is 19.3 Å². The molecule has 1 saturated heterocycles. The number of halogens is 1. The lowest BCUT2D eigenvalue weighted by Gasteiger charge is -2.42. The SMILES string of the molecule is CC1CCCC(C)N1C(C(=O)O)c1ccc(F)cc1. The predicted octanol–water partition coefficient (Wildman–Crippen LogP) is 3.21. The Balaban J connectivity index is 2.34. The molecular formula is C15H20FNO2. The first-order chi connectivity index (χ1) is 9.00. The van der Waals surface area contributed by atoms with Gasteiger partial charge in [0, 0.05) is 12.1 Å². The van der Waals surface area contributed by atoms with E-state index in [0.29, 0.717) is 5.56 Å².